The second kappa shape index (κ2) is 13.5. The number of unbranched alkanes of at least 4 members (excludes halogenated alkanes) is 2. The van der Waals surface area contributed by atoms with Gasteiger partial charge in [0.25, 0.3) is 0 Å². The molecule has 1 rings (SSSR count). The summed E-state index contributed by atoms with van der Waals surface area (Å²) in [4.78, 5) is 41.3. The SMILES string of the molecule is CCCCCNC(=O)C(c1cccc(C)c1)N(C(=O)C(CO)NC(=O)OC(C)(C)C)C(C)(C)CC. The summed E-state index contributed by atoms with van der Waals surface area (Å²) in [5.41, 5.74) is 0.105. The van der Waals surface area contributed by atoms with Crippen LogP contribution in [0.15, 0.2) is 24.3 Å². The highest BCUT2D eigenvalue weighted by Gasteiger charge is 2.43. The first-order chi connectivity index (χ1) is 16.3. The third kappa shape index (κ3) is 9.51. The Morgan fingerprint density at radius 3 is 2.26 bits per heavy atom. The lowest BCUT2D eigenvalue weighted by Gasteiger charge is -2.44. The Morgan fingerprint density at radius 1 is 1.09 bits per heavy atom. The minimum atomic E-state index is -1.27. The van der Waals surface area contributed by atoms with Gasteiger partial charge in [0.2, 0.25) is 11.8 Å². The van der Waals surface area contributed by atoms with Crippen LogP contribution in [0, 0.1) is 6.92 Å². The lowest BCUT2D eigenvalue weighted by atomic mass is 9.91. The van der Waals surface area contributed by atoms with Gasteiger partial charge < -0.3 is 25.4 Å². The number of nitrogens with zero attached hydrogens (tertiary/aromatic N) is 1. The van der Waals surface area contributed by atoms with Crippen LogP contribution >= 0.6 is 0 Å². The van der Waals surface area contributed by atoms with Crippen LogP contribution in [-0.4, -0.2) is 58.2 Å². The summed E-state index contributed by atoms with van der Waals surface area (Å²) >= 11 is 0. The van der Waals surface area contributed by atoms with Crippen molar-refractivity contribution < 1.29 is 24.2 Å². The first-order valence-electron chi connectivity index (χ1n) is 12.5. The maximum absolute atomic E-state index is 13.9. The van der Waals surface area contributed by atoms with Crippen LogP contribution < -0.4 is 10.6 Å². The van der Waals surface area contributed by atoms with E-state index in [1.54, 1.807) is 20.8 Å². The minimum Gasteiger partial charge on any atom is -0.444 e. The number of carbonyl (C=O) groups excluding carboxylic acids is 3. The van der Waals surface area contributed by atoms with Gasteiger partial charge in [0, 0.05) is 12.1 Å². The van der Waals surface area contributed by atoms with Crippen molar-refractivity contribution >= 4 is 17.9 Å². The van der Waals surface area contributed by atoms with Gasteiger partial charge >= 0.3 is 6.09 Å². The van der Waals surface area contributed by atoms with E-state index in [-0.39, 0.29) is 5.91 Å². The molecule has 0 bridgehead atoms. The van der Waals surface area contributed by atoms with E-state index in [1.807, 2.05) is 52.0 Å². The molecule has 8 nitrogen and oxygen atoms in total. The first-order valence-corrected chi connectivity index (χ1v) is 12.5. The van der Waals surface area contributed by atoms with Gasteiger partial charge in [-0.05, 0) is 59.9 Å². The normalized spacial score (nSPS) is 13.5. The average Bonchev–Trinajstić information content (AvgIpc) is 2.76. The van der Waals surface area contributed by atoms with Crippen molar-refractivity contribution in [1.29, 1.82) is 0 Å². The summed E-state index contributed by atoms with van der Waals surface area (Å²) in [7, 11) is 0. The summed E-state index contributed by atoms with van der Waals surface area (Å²) in [6.07, 6.45) is 2.60. The zero-order valence-corrected chi connectivity index (χ0v) is 22.7. The summed E-state index contributed by atoms with van der Waals surface area (Å²) in [6, 6.07) is 5.29. The quantitative estimate of drug-likeness (QED) is 0.379. The molecule has 1 aromatic carbocycles. The zero-order chi connectivity index (χ0) is 26.8. The first kappa shape index (κ1) is 30.4. The minimum absolute atomic E-state index is 0.296. The van der Waals surface area contributed by atoms with Crippen molar-refractivity contribution in [2.75, 3.05) is 13.2 Å². The fraction of sp³-hybridized carbons (Fsp3) is 0.667. The van der Waals surface area contributed by atoms with Crippen molar-refractivity contribution in [2.24, 2.45) is 0 Å². The number of nitrogens with one attached hydrogen (secondary N) is 2. The van der Waals surface area contributed by atoms with E-state index >= 15 is 0 Å². The predicted octanol–water partition coefficient (Wildman–Crippen LogP) is 4.25. The molecule has 0 radical (unpaired) electrons. The Morgan fingerprint density at radius 2 is 1.74 bits per heavy atom. The molecule has 198 valence electrons. The molecule has 1 aromatic rings. The Kier molecular flexibility index (Phi) is 11.7. The molecule has 0 aliphatic carbocycles. The zero-order valence-electron chi connectivity index (χ0n) is 22.7. The number of ether oxygens (including phenoxy) is 1. The molecule has 0 aromatic heterocycles. The average molecular weight is 492 g/mol. The summed E-state index contributed by atoms with van der Waals surface area (Å²) in [6.45, 7) is 14.7. The van der Waals surface area contributed by atoms with E-state index in [1.165, 1.54) is 4.90 Å². The molecule has 0 spiro atoms. The van der Waals surface area contributed by atoms with Gasteiger partial charge in [-0.15, -0.1) is 0 Å². The molecule has 2 unspecified atom stereocenters. The highest BCUT2D eigenvalue weighted by Crippen LogP contribution is 2.32. The van der Waals surface area contributed by atoms with Crippen molar-refractivity contribution in [3.8, 4) is 0 Å². The van der Waals surface area contributed by atoms with Crippen molar-refractivity contribution in [1.82, 2.24) is 15.5 Å². The van der Waals surface area contributed by atoms with E-state index in [4.69, 9.17) is 4.74 Å². The lowest BCUT2D eigenvalue weighted by Crippen LogP contribution is -2.60. The second-order valence-corrected chi connectivity index (χ2v) is 10.6. The van der Waals surface area contributed by atoms with Crippen molar-refractivity contribution in [3.05, 3.63) is 35.4 Å². The van der Waals surface area contributed by atoms with Gasteiger partial charge in [-0.25, -0.2) is 4.79 Å². The fourth-order valence-electron chi connectivity index (χ4n) is 3.69. The molecule has 3 amide bonds. The molecule has 0 heterocycles. The van der Waals surface area contributed by atoms with Gasteiger partial charge in [-0.1, -0.05) is 56.5 Å². The summed E-state index contributed by atoms with van der Waals surface area (Å²) in [5.74, 6) is -0.851. The fourth-order valence-corrected chi connectivity index (χ4v) is 3.69. The maximum Gasteiger partial charge on any atom is 0.408 e. The van der Waals surface area contributed by atoms with E-state index in [0.717, 1.165) is 24.8 Å². The van der Waals surface area contributed by atoms with Crippen molar-refractivity contribution in [3.63, 3.8) is 0 Å². The molecular weight excluding hydrogens is 446 g/mol. The van der Waals surface area contributed by atoms with Gasteiger partial charge in [-0.2, -0.15) is 0 Å². The van der Waals surface area contributed by atoms with Crippen LogP contribution in [0.3, 0.4) is 0 Å². The number of hydrogen-bond acceptors (Lipinski definition) is 5. The number of benzene rings is 1. The van der Waals surface area contributed by atoms with Crippen LogP contribution in [0.4, 0.5) is 4.79 Å². The van der Waals surface area contributed by atoms with Gasteiger partial charge in [0.1, 0.15) is 17.7 Å². The number of aliphatic hydroxyl groups is 1. The predicted molar refractivity (Wildman–Crippen MR) is 138 cm³/mol. The third-order valence-electron chi connectivity index (χ3n) is 5.87. The van der Waals surface area contributed by atoms with E-state index < -0.39 is 41.8 Å². The second-order valence-electron chi connectivity index (χ2n) is 10.6. The molecule has 0 aliphatic heterocycles. The molecule has 35 heavy (non-hydrogen) atoms. The summed E-state index contributed by atoms with van der Waals surface area (Å²) < 4.78 is 5.29. The van der Waals surface area contributed by atoms with Crippen molar-refractivity contribution in [2.45, 2.75) is 104 Å². The topological polar surface area (TPSA) is 108 Å². The Hall–Kier alpha value is -2.61. The van der Waals surface area contributed by atoms with Gasteiger partial charge in [0.15, 0.2) is 0 Å². The van der Waals surface area contributed by atoms with Crippen LogP contribution in [0.1, 0.15) is 91.3 Å². The Balaban J connectivity index is 3.45. The maximum atomic E-state index is 13.9. The van der Waals surface area contributed by atoms with Crippen LogP contribution in [-0.2, 0) is 14.3 Å². The van der Waals surface area contributed by atoms with Crippen LogP contribution in [0.25, 0.3) is 0 Å². The monoisotopic (exact) mass is 491 g/mol. The number of alkyl carbamates (subject to hydrolysis) is 1. The highest BCUT2D eigenvalue weighted by molar-refractivity contribution is 5.92. The molecule has 0 saturated carbocycles. The molecule has 2 atom stereocenters. The molecule has 8 heteroatoms. The van der Waals surface area contributed by atoms with E-state index in [2.05, 4.69) is 17.6 Å². The Bertz CT molecular complexity index is 847. The highest BCUT2D eigenvalue weighted by atomic mass is 16.6. The third-order valence-corrected chi connectivity index (χ3v) is 5.87. The molecular formula is C27H45N3O5. The number of hydrogen-bond donors (Lipinski definition) is 3. The smallest absolute Gasteiger partial charge is 0.408 e. The Labute approximate surface area is 210 Å². The summed E-state index contributed by atoms with van der Waals surface area (Å²) in [5, 5.41) is 15.5. The van der Waals surface area contributed by atoms with Gasteiger partial charge in [-0.3, -0.25) is 9.59 Å². The van der Waals surface area contributed by atoms with Crippen LogP contribution in [0.2, 0.25) is 0 Å². The molecule has 0 saturated heterocycles. The van der Waals surface area contributed by atoms with E-state index in [0.29, 0.717) is 18.5 Å². The number of rotatable bonds is 12. The standard InChI is InChI=1S/C27H45N3O5/c1-9-11-12-16-28-23(32)22(20-15-13-14-19(3)17-20)30(27(7,8)10-2)24(33)21(18-31)29-25(34)35-26(4,5)6/h13-15,17,21-22,31H,9-12,16,18H2,1-8H3,(H,28,32)(H,29,34). The van der Waals surface area contributed by atoms with Gasteiger partial charge in [0.05, 0.1) is 6.61 Å². The molecule has 0 fully saturated rings. The lowest BCUT2D eigenvalue weighted by molar-refractivity contribution is -0.150. The number of carbonyl (C=O) groups is 3. The largest absolute Gasteiger partial charge is 0.444 e. The number of aryl methyl sites for hydroxylation is 1. The number of aliphatic hydroxyl groups excluding tert-OH is 1. The molecule has 3 N–H and O–H groups in total. The molecule has 0 aliphatic rings. The number of amides is 3. The van der Waals surface area contributed by atoms with E-state index in [9.17, 15) is 19.5 Å². The van der Waals surface area contributed by atoms with Crippen LogP contribution in [0.5, 0.6) is 0 Å².